The van der Waals surface area contributed by atoms with Gasteiger partial charge in [0, 0.05) is 46.8 Å². The first-order valence-electron chi connectivity index (χ1n) is 6.48. The van der Waals surface area contributed by atoms with Gasteiger partial charge in [-0.3, -0.25) is 4.79 Å². The molecule has 1 aromatic heterocycles. The van der Waals surface area contributed by atoms with E-state index in [4.69, 9.17) is 4.74 Å². The van der Waals surface area contributed by atoms with E-state index in [9.17, 15) is 4.79 Å². The molecule has 1 saturated heterocycles. The maximum absolute atomic E-state index is 11.9. The normalized spacial score (nSPS) is 15.8. The van der Waals surface area contributed by atoms with Crippen LogP contribution in [0, 0.1) is 6.92 Å². The van der Waals surface area contributed by atoms with E-state index in [2.05, 4.69) is 34.2 Å². The number of hydrogen-bond donors (Lipinski definition) is 1. The summed E-state index contributed by atoms with van der Waals surface area (Å²) < 4.78 is 6.40. The van der Waals surface area contributed by atoms with Gasteiger partial charge in [0.1, 0.15) is 0 Å². The van der Waals surface area contributed by atoms with E-state index in [0.717, 1.165) is 26.2 Å². The molecule has 1 fully saturated rings. The largest absolute Gasteiger partial charge is 0.378 e. The first kappa shape index (κ1) is 15.0. The first-order valence-corrected chi connectivity index (χ1v) is 8.09. The average Bonchev–Trinajstić information content (AvgIpc) is 2.74. The van der Waals surface area contributed by atoms with Gasteiger partial charge in [-0.2, -0.15) is 0 Å². The summed E-state index contributed by atoms with van der Waals surface area (Å²) in [5.74, 6) is 0.222. The van der Waals surface area contributed by atoms with Crippen LogP contribution in [0.4, 0.5) is 0 Å². The van der Waals surface area contributed by atoms with Crippen molar-refractivity contribution in [1.82, 2.24) is 10.2 Å². The summed E-state index contributed by atoms with van der Waals surface area (Å²) >= 11 is 5.29. The number of morpholine rings is 1. The van der Waals surface area contributed by atoms with Crippen molar-refractivity contribution in [3.05, 3.63) is 20.3 Å². The Morgan fingerprint density at radius 1 is 1.53 bits per heavy atom. The number of carbonyl (C=O) groups is 1. The minimum atomic E-state index is 0.222. The van der Waals surface area contributed by atoms with E-state index >= 15 is 0 Å². The highest BCUT2D eigenvalue weighted by molar-refractivity contribution is 9.10. The number of hydrogen-bond acceptors (Lipinski definition) is 4. The van der Waals surface area contributed by atoms with E-state index in [-0.39, 0.29) is 5.91 Å². The van der Waals surface area contributed by atoms with E-state index in [1.165, 1.54) is 14.2 Å². The van der Waals surface area contributed by atoms with Crippen LogP contribution in [0.15, 0.2) is 10.5 Å². The Morgan fingerprint density at radius 3 is 2.89 bits per heavy atom. The molecule has 4 nitrogen and oxygen atoms in total. The smallest absolute Gasteiger partial charge is 0.224 e. The Kier molecular flexibility index (Phi) is 5.81. The summed E-state index contributed by atoms with van der Waals surface area (Å²) in [6, 6.07) is 2.14. The number of halogens is 1. The van der Waals surface area contributed by atoms with Gasteiger partial charge in [0.2, 0.25) is 5.91 Å². The van der Waals surface area contributed by atoms with Crippen LogP contribution in [0.2, 0.25) is 0 Å². The lowest BCUT2D eigenvalue weighted by Gasteiger charge is -2.26. The van der Waals surface area contributed by atoms with Crippen molar-refractivity contribution >= 4 is 33.2 Å². The molecule has 1 N–H and O–H groups in total. The number of nitrogens with zero attached hydrogens (tertiary/aromatic N) is 1. The van der Waals surface area contributed by atoms with E-state index in [0.29, 0.717) is 19.6 Å². The van der Waals surface area contributed by atoms with Gasteiger partial charge in [-0.05, 0) is 28.9 Å². The number of carbonyl (C=O) groups excluding carboxylic acids is 1. The Morgan fingerprint density at radius 2 is 2.26 bits per heavy atom. The second kappa shape index (κ2) is 7.38. The average molecular weight is 347 g/mol. The number of ether oxygens (including phenoxy) is 1. The molecular weight excluding hydrogens is 328 g/mol. The third-order valence-corrected chi connectivity index (χ3v) is 5.22. The van der Waals surface area contributed by atoms with Crippen LogP contribution in [0.25, 0.3) is 0 Å². The maximum Gasteiger partial charge on any atom is 0.224 e. The highest BCUT2D eigenvalue weighted by atomic mass is 79.9. The van der Waals surface area contributed by atoms with Gasteiger partial charge in [0.25, 0.3) is 0 Å². The minimum absolute atomic E-state index is 0.222. The zero-order chi connectivity index (χ0) is 13.7. The van der Waals surface area contributed by atoms with Crippen LogP contribution in [-0.4, -0.2) is 43.7 Å². The molecule has 0 atom stereocenters. The molecule has 0 unspecified atom stereocenters. The molecule has 0 radical (unpaired) electrons. The number of nitrogens with one attached hydrogen (secondary N) is 1. The summed E-state index contributed by atoms with van der Waals surface area (Å²) in [5.41, 5.74) is 0. The summed E-state index contributed by atoms with van der Waals surface area (Å²) in [4.78, 5) is 16.4. The first-order chi connectivity index (χ1) is 9.16. The molecule has 0 saturated carbocycles. The molecule has 106 valence electrons. The van der Waals surface area contributed by atoms with E-state index in [1.807, 2.05) is 4.90 Å². The van der Waals surface area contributed by atoms with Gasteiger partial charge < -0.3 is 15.0 Å². The zero-order valence-electron chi connectivity index (χ0n) is 11.1. The lowest BCUT2D eigenvalue weighted by atomic mass is 10.3. The predicted molar refractivity (Wildman–Crippen MR) is 80.5 cm³/mol. The van der Waals surface area contributed by atoms with Gasteiger partial charge in [0.15, 0.2) is 0 Å². The quantitative estimate of drug-likeness (QED) is 0.830. The standard InChI is InChI=1S/C13H19BrN2O2S/c1-10-12(14)8-11(19-10)9-15-3-2-13(17)16-4-6-18-7-5-16/h8,15H,2-7,9H2,1H3. The molecule has 0 aromatic carbocycles. The molecule has 0 aliphatic carbocycles. The predicted octanol–water partition coefficient (Wildman–Crippen LogP) is 2.16. The van der Waals surface area contributed by atoms with Crippen molar-refractivity contribution in [2.45, 2.75) is 19.9 Å². The van der Waals surface area contributed by atoms with Gasteiger partial charge in [-0.15, -0.1) is 11.3 Å². The van der Waals surface area contributed by atoms with Crippen molar-refractivity contribution in [1.29, 1.82) is 0 Å². The van der Waals surface area contributed by atoms with Crippen LogP contribution in [0.3, 0.4) is 0 Å². The Bertz CT molecular complexity index is 411. The third kappa shape index (κ3) is 4.56. The SMILES string of the molecule is Cc1sc(CNCCC(=O)N2CCOCC2)cc1Br. The second-order valence-corrected chi connectivity index (χ2v) is 6.73. The molecule has 19 heavy (non-hydrogen) atoms. The number of amides is 1. The Hall–Kier alpha value is -0.430. The van der Waals surface area contributed by atoms with Crippen LogP contribution in [0.5, 0.6) is 0 Å². The maximum atomic E-state index is 11.9. The minimum Gasteiger partial charge on any atom is -0.378 e. The number of thiophene rings is 1. The molecule has 1 amide bonds. The summed E-state index contributed by atoms with van der Waals surface area (Å²) in [6.07, 6.45) is 0.561. The van der Waals surface area contributed by atoms with Gasteiger partial charge in [-0.25, -0.2) is 0 Å². The van der Waals surface area contributed by atoms with Crippen LogP contribution < -0.4 is 5.32 Å². The van der Waals surface area contributed by atoms with Gasteiger partial charge in [0.05, 0.1) is 13.2 Å². The second-order valence-electron chi connectivity index (χ2n) is 4.54. The molecule has 0 spiro atoms. The molecule has 2 rings (SSSR count). The topological polar surface area (TPSA) is 41.6 Å². The molecular formula is C13H19BrN2O2S. The Balaban J connectivity index is 1.64. The number of aryl methyl sites for hydroxylation is 1. The number of rotatable bonds is 5. The Labute approximate surface area is 126 Å². The summed E-state index contributed by atoms with van der Waals surface area (Å²) in [7, 11) is 0. The van der Waals surface area contributed by atoms with E-state index in [1.54, 1.807) is 11.3 Å². The molecule has 1 aliphatic rings. The molecule has 0 bridgehead atoms. The van der Waals surface area contributed by atoms with Crippen molar-refractivity contribution in [3.8, 4) is 0 Å². The fourth-order valence-electron chi connectivity index (χ4n) is 1.98. The lowest BCUT2D eigenvalue weighted by Crippen LogP contribution is -2.41. The summed E-state index contributed by atoms with van der Waals surface area (Å²) in [5, 5.41) is 3.32. The fourth-order valence-corrected chi connectivity index (χ4v) is 3.55. The van der Waals surface area contributed by atoms with Crippen molar-refractivity contribution in [2.24, 2.45) is 0 Å². The van der Waals surface area contributed by atoms with Crippen molar-refractivity contribution in [2.75, 3.05) is 32.8 Å². The highest BCUT2D eigenvalue weighted by Gasteiger charge is 2.15. The third-order valence-electron chi connectivity index (χ3n) is 3.09. The lowest BCUT2D eigenvalue weighted by molar-refractivity contribution is -0.135. The van der Waals surface area contributed by atoms with Crippen molar-refractivity contribution < 1.29 is 9.53 Å². The molecule has 1 aromatic rings. The van der Waals surface area contributed by atoms with Crippen molar-refractivity contribution in [3.63, 3.8) is 0 Å². The van der Waals surface area contributed by atoms with Gasteiger partial charge in [-0.1, -0.05) is 0 Å². The fraction of sp³-hybridized carbons (Fsp3) is 0.615. The van der Waals surface area contributed by atoms with Gasteiger partial charge >= 0.3 is 0 Å². The van der Waals surface area contributed by atoms with Crippen LogP contribution in [0.1, 0.15) is 16.2 Å². The highest BCUT2D eigenvalue weighted by Crippen LogP contribution is 2.25. The van der Waals surface area contributed by atoms with Crippen LogP contribution in [-0.2, 0) is 16.1 Å². The van der Waals surface area contributed by atoms with Crippen LogP contribution >= 0.6 is 27.3 Å². The summed E-state index contributed by atoms with van der Waals surface area (Å²) in [6.45, 7) is 6.45. The molecule has 2 heterocycles. The zero-order valence-corrected chi connectivity index (χ0v) is 13.5. The molecule has 1 aliphatic heterocycles. The molecule has 6 heteroatoms. The van der Waals surface area contributed by atoms with E-state index < -0.39 is 0 Å². The monoisotopic (exact) mass is 346 g/mol.